The minimum absolute atomic E-state index is 0.455. The van der Waals surface area contributed by atoms with Crippen molar-refractivity contribution in [2.45, 2.75) is 31.9 Å². The van der Waals surface area contributed by atoms with Crippen LogP contribution in [0.1, 0.15) is 24.8 Å². The molecule has 0 amide bonds. The van der Waals surface area contributed by atoms with Crippen molar-refractivity contribution in [1.29, 1.82) is 0 Å². The van der Waals surface area contributed by atoms with E-state index in [1.807, 2.05) is 12.1 Å². The van der Waals surface area contributed by atoms with Gasteiger partial charge in [0.2, 0.25) is 0 Å². The molecular weight excluding hydrogens is 242 g/mol. The topological polar surface area (TPSA) is 39.7 Å². The van der Waals surface area contributed by atoms with E-state index in [0.29, 0.717) is 19.3 Å². The number of fused-ring (bicyclic) bond motifs is 1. The maximum absolute atomic E-state index is 5.70. The van der Waals surface area contributed by atoms with Crippen LogP contribution >= 0.6 is 0 Å². The summed E-state index contributed by atoms with van der Waals surface area (Å²) in [6, 6.07) is 6.07. The third-order valence-corrected chi connectivity index (χ3v) is 3.63. The molecule has 0 spiro atoms. The van der Waals surface area contributed by atoms with Crippen molar-refractivity contribution in [2.24, 2.45) is 0 Å². The van der Waals surface area contributed by atoms with Crippen molar-refractivity contribution in [3.05, 3.63) is 23.8 Å². The Bertz CT molecular complexity index is 416. The van der Waals surface area contributed by atoms with Gasteiger partial charge in [-0.3, -0.25) is 0 Å². The molecule has 19 heavy (non-hydrogen) atoms. The number of ether oxygens (including phenoxy) is 3. The molecule has 3 rings (SSSR count). The fraction of sp³-hybridized carbons (Fsp3) is 0.600. The Labute approximate surface area is 114 Å². The highest BCUT2D eigenvalue weighted by atomic mass is 16.6. The second-order valence-electron chi connectivity index (χ2n) is 5.04. The molecule has 1 unspecified atom stereocenters. The van der Waals surface area contributed by atoms with Crippen LogP contribution in [0.4, 0.5) is 0 Å². The molecule has 2 aliphatic rings. The molecule has 1 atom stereocenters. The van der Waals surface area contributed by atoms with Gasteiger partial charge in [-0.15, -0.1) is 0 Å². The molecule has 0 bridgehead atoms. The minimum Gasteiger partial charge on any atom is -0.486 e. The standard InChI is InChI=1S/C15H21NO3/c1-3-12(15-14(5-1)18-9-10-19-15)11-16-7-6-13-4-2-8-17-13/h1,3,5,13,16H,2,4,6-11H2. The largest absolute Gasteiger partial charge is 0.486 e. The SMILES string of the molecule is c1cc(CNCCC2CCCO2)c2c(c1)OCCO2. The van der Waals surface area contributed by atoms with Crippen molar-refractivity contribution in [1.82, 2.24) is 5.32 Å². The second-order valence-corrected chi connectivity index (χ2v) is 5.04. The normalized spacial score (nSPS) is 21.6. The van der Waals surface area contributed by atoms with Crippen molar-refractivity contribution in [3.63, 3.8) is 0 Å². The van der Waals surface area contributed by atoms with Crippen LogP contribution in [0.5, 0.6) is 11.5 Å². The van der Waals surface area contributed by atoms with Crippen LogP contribution in [0.15, 0.2) is 18.2 Å². The summed E-state index contributed by atoms with van der Waals surface area (Å²) in [5, 5.41) is 3.46. The molecule has 2 heterocycles. The zero-order valence-electron chi connectivity index (χ0n) is 11.2. The van der Waals surface area contributed by atoms with Crippen LogP contribution in [0.25, 0.3) is 0 Å². The Morgan fingerprint density at radius 3 is 3.00 bits per heavy atom. The van der Waals surface area contributed by atoms with Gasteiger partial charge in [0.25, 0.3) is 0 Å². The van der Waals surface area contributed by atoms with Gasteiger partial charge in [-0.2, -0.15) is 0 Å². The fourth-order valence-corrected chi connectivity index (χ4v) is 2.63. The lowest BCUT2D eigenvalue weighted by Gasteiger charge is -2.21. The first-order valence-electron chi connectivity index (χ1n) is 7.13. The maximum Gasteiger partial charge on any atom is 0.165 e. The third kappa shape index (κ3) is 3.19. The van der Waals surface area contributed by atoms with E-state index in [0.717, 1.165) is 37.6 Å². The maximum atomic E-state index is 5.70. The Balaban J connectivity index is 1.49. The molecule has 104 valence electrons. The van der Waals surface area contributed by atoms with E-state index in [-0.39, 0.29) is 0 Å². The van der Waals surface area contributed by atoms with Gasteiger partial charge in [-0.05, 0) is 31.9 Å². The van der Waals surface area contributed by atoms with Gasteiger partial charge >= 0.3 is 0 Å². The molecule has 1 N–H and O–H groups in total. The number of hydrogen-bond donors (Lipinski definition) is 1. The lowest BCUT2D eigenvalue weighted by atomic mass is 10.1. The van der Waals surface area contributed by atoms with Gasteiger partial charge in [-0.1, -0.05) is 12.1 Å². The Morgan fingerprint density at radius 1 is 1.16 bits per heavy atom. The fourth-order valence-electron chi connectivity index (χ4n) is 2.63. The number of rotatable bonds is 5. The highest BCUT2D eigenvalue weighted by Gasteiger charge is 2.16. The van der Waals surface area contributed by atoms with Gasteiger partial charge in [-0.25, -0.2) is 0 Å². The Morgan fingerprint density at radius 2 is 2.11 bits per heavy atom. The van der Waals surface area contributed by atoms with Crippen LogP contribution in [0, 0.1) is 0 Å². The van der Waals surface area contributed by atoms with Crippen molar-refractivity contribution in [3.8, 4) is 11.5 Å². The average molecular weight is 263 g/mol. The van der Waals surface area contributed by atoms with E-state index in [9.17, 15) is 0 Å². The molecular formula is C15H21NO3. The summed E-state index contributed by atoms with van der Waals surface area (Å²) in [7, 11) is 0. The molecule has 1 fully saturated rings. The first-order chi connectivity index (χ1) is 9.43. The molecule has 2 aliphatic heterocycles. The predicted molar refractivity (Wildman–Crippen MR) is 72.7 cm³/mol. The molecule has 0 radical (unpaired) electrons. The summed E-state index contributed by atoms with van der Waals surface area (Å²) in [6.45, 7) is 4.01. The van der Waals surface area contributed by atoms with Crippen LogP contribution in [-0.2, 0) is 11.3 Å². The molecule has 4 nitrogen and oxygen atoms in total. The van der Waals surface area contributed by atoms with Crippen molar-refractivity contribution in [2.75, 3.05) is 26.4 Å². The molecule has 1 saturated heterocycles. The molecule has 0 aromatic heterocycles. The average Bonchev–Trinajstić information content (AvgIpc) is 2.97. The molecule has 1 aromatic carbocycles. The summed E-state index contributed by atoms with van der Waals surface area (Å²) < 4.78 is 16.9. The Hall–Kier alpha value is -1.26. The highest BCUT2D eigenvalue weighted by molar-refractivity contribution is 5.47. The predicted octanol–water partition coefficient (Wildman–Crippen LogP) is 2.12. The van der Waals surface area contributed by atoms with Gasteiger partial charge < -0.3 is 19.5 Å². The van der Waals surface area contributed by atoms with Crippen molar-refractivity contribution >= 4 is 0 Å². The van der Waals surface area contributed by atoms with Crippen LogP contribution in [0.2, 0.25) is 0 Å². The summed E-state index contributed by atoms with van der Waals surface area (Å²) in [5.41, 5.74) is 1.17. The van der Waals surface area contributed by atoms with Gasteiger partial charge in [0.15, 0.2) is 11.5 Å². The highest BCUT2D eigenvalue weighted by Crippen LogP contribution is 2.33. The Kier molecular flexibility index (Phi) is 4.20. The lowest BCUT2D eigenvalue weighted by Crippen LogP contribution is -2.22. The summed E-state index contributed by atoms with van der Waals surface area (Å²) in [4.78, 5) is 0. The van der Waals surface area contributed by atoms with Gasteiger partial charge in [0, 0.05) is 18.7 Å². The zero-order valence-corrected chi connectivity index (χ0v) is 11.2. The first-order valence-corrected chi connectivity index (χ1v) is 7.13. The monoisotopic (exact) mass is 263 g/mol. The summed E-state index contributed by atoms with van der Waals surface area (Å²) >= 11 is 0. The van der Waals surface area contributed by atoms with Crippen LogP contribution in [-0.4, -0.2) is 32.5 Å². The minimum atomic E-state index is 0.455. The van der Waals surface area contributed by atoms with Crippen LogP contribution in [0.3, 0.4) is 0 Å². The smallest absolute Gasteiger partial charge is 0.165 e. The summed E-state index contributed by atoms with van der Waals surface area (Å²) in [6.07, 6.45) is 3.96. The number of hydrogen-bond acceptors (Lipinski definition) is 4. The van der Waals surface area contributed by atoms with E-state index < -0.39 is 0 Å². The van der Waals surface area contributed by atoms with Gasteiger partial charge in [0.1, 0.15) is 13.2 Å². The number of nitrogens with one attached hydrogen (secondary N) is 1. The number of para-hydroxylation sites is 1. The molecule has 0 aliphatic carbocycles. The zero-order chi connectivity index (χ0) is 12.9. The van der Waals surface area contributed by atoms with Crippen molar-refractivity contribution < 1.29 is 14.2 Å². The first kappa shape index (κ1) is 12.8. The van der Waals surface area contributed by atoms with E-state index >= 15 is 0 Å². The van der Waals surface area contributed by atoms with E-state index in [1.165, 1.54) is 18.4 Å². The molecule has 1 aromatic rings. The molecule has 4 heteroatoms. The molecule has 0 saturated carbocycles. The second kappa shape index (κ2) is 6.26. The number of benzene rings is 1. The van der Waals surface area contributed by atoms with E-state index in [1.54, 1.807) is 0 Å². The summed E-state index contributed by atoms with van der Waals surface area (Å²) in [5.74, 6) is 1.77. The van der Waals surface area contributed by atoms with Gasteiger partial charge in [0.05, 0.1) is 6.10 Å². The van der Waals surface area contributed by atoms with E-state index in [2.05, 4.69) is 11.4 Å². The third-order valence-electron chi connectivity index (χ3n) is 3.63. The van der Waals surface area contributed by atoms with Crippen LogP contribution < -0.4 is 14.8 Å². The van der Waals surface area contributed by atoms with E-state index in [4.69, 9.17) is 14.2 Å². The lowest BCUT2D eigenvalue weighted by molar-refractivity contribution is 0.104. The quantitative estimate of drug-likeness (QED) is 0.826.